The van der Waals surface area contributed by atoms with Gasteiger partial charge in [0.25, 0.3) is 0 Å². The molecule has 3 heteroatoms. The molecule has 0 saturated heterocycles. The highest BCUT2D eigenvalue weighted by Gasteiger charge is 2.18. The number of hydrogen-bond donors (Lipinski definition) is 0. The Kier molecular flexibility index (Phi) is 7.38. The Bertz CT molecular complexity index is 2530. The maximum atomic E-state index is 5.27. The summed E-state index contributed by atoms with van der Waals surface area (Å²) in [4.78, 5) is 10.5. The van der Waals surface area contributed by atoms with E-state index in [-0.39, 0.29) is 0 Å². The summed E-state index contributed by atoms with van der Waals surface area (Å²) in [6.07, 6.45) is 0. The zero-order chi connectivity index (χ0) is 32.6. The van der Waals surface area contributed by atoms with Gasteiger partial charge in [-0.05, 0) is 69.8 Å². The van der Waals surface area contributed by atoms with E-state index in [1.54, 1.807) is 0 Å². The zero-order valence-electron chi connectivity index (χ0n) is 26.6. The highest BCUT2D eigenvalue weighted by Crippen LogP contribution is 2.43. The van der Waals surface area contributed by atoms with E-state index < -0.39 is 0 Å². The van der Waals surface area contributed by atoms with Crippen molar-refractivity contribution in [1.82, 2.24) is 9.97 Å². The molecule has 2 nitrogen and oxygen atoms in total. The number of aromatic nitrogens is 2. The summed E-state index contributed by atoms with van der Waals surface area (Å²) in [7, 11) is 0. The lowest BCUT2D eigenvalue weighted by atomic mass is 9.92. The average molecular weight is 643 g/mol. The molecule has 49 heavy (non-hydrogen) atoms. The van der Waals surface area contributed by atoms with Gasteiger partial charge in [0.1, 0.15) is 0 Å². The highest BCUT2D eigenvalue weighted by atomic mass is 32.1. The minimum absolute atomic E-state index is 0.702. The average Bonchev–Trinajstić information content (AvgIpc) is 3.58. The summed E-state index contributed by atoms with van der Waals surface area (Å²) >= 11 is 1.84. The molecule has 9 rings (SSSR count). The second kappa shape index (κ2) is 12.5. The van der Waals surface area contributed by atoms with E-state index in [1.807, 2.05) is 29.5 Å². The first kappa shape index (κ1) is 29.0. The van der Waals surface area contributed by atoms with Gasteiger partial charge in [-0.1, -0.05) is 146 Å². The minimum atomic E-state index is 0.702. The van der Waals surface area contributed by atoms with E-state index in [4.69, 9.17) is 9.97 Å². The van der Waals surface area contributed by atoms with Gasteiger partial charge < -0.3 is 0 Å². The molecule has 9 aromatic rings. The van der Waals surface area contributed by atoms with Crippen LogP contribution in [0.2, 0.25) is 0 Å². The molecule has 0 amide bonds. The van der Waals surface area contributed by atoms with Crippen LogP contribution >= 0.6 is 11.3 Å². The quantitative estimate of drug-likeness (QED) is 0.180. The molecule has 0 aliphatic heterocycles. The molecule has 2 aromatic heterocycles. The first-order valence-corrected chi connectivity index (χ1v) is 17.3. The number of rotatable bonds is 6. The fourth-order valence-corrected chi connectivity index (χ4v) is 7.89. The number of thiophene rings is 1. The SMILES string of the molecule is c1ccc(-c2cc(-c3ccccc3)cc(-c3cc(-c4ccccc4-c4cccc5sc6ccccc6c45)nc(-c4ccccc4)n3)c2)cc1. The van der Waals surface area contributed by atoms with Crippen molar-refractivity contribution in [2.24, 2.45) is 0 Å². The second-order valence-electron chi connectivity index (χ2n) is 12.2. The van der Waals surface area contributed by atoms with Gasteiger partial charge >= 0.3 is 0 Å². The van der Waals surface area contributed by atoms with E-state index in [9.17, 15) is 0 Å². The smallest absolute Gasteiger partial charge is 0.160 e. The Hall–Kier alpha value is -6.16. The van der Waals surface area contributed by atoms with E-state index in [0.717, 1.165) is 44.8 Å². The summed E-state index contributed by atoms with van der Waals surface area (Å²) in [5.74, 6) is 0.702. The van der Waals surface area contributed by atoms with Crippen LogP contribution in [0.3, 0.4) is 0 Å². The highest BCUT2D eigenvalue weighted by molar-refractivity contribution is 7.25. The van der Waals surface area contributed by atoms with E-state index in [1.165, 1.54) is 36.9 Å². The van der Waals surface area contributed by atoms with Crippen molar-refractivity contribution in [1.29, 1.82) is 0 Å². The van der Waals surface area contributed by atoms with Gasteiger partial charge in [0, 0.05) is 36.9 Å². The number of fused-ring (bicyclic) bond motifs is 3. The first-order valence-electron chi connectivity index (χ1n) is 16.5. The standard InChI is InChI=1S/C46H30N2S/c1-4-15-31(16-5-1)34-27-35(32-17-6-2-7-18-32)29-36(28-34)41-30-42(48-46(47-41)33-19-8-3-9-20-33)38-22-11-10-21-37(38)39-24-14-26-44-45(39)40-23-12-13-25-43(40)49-44/h1-30H. The van der Waals surface area contributed by atoms with Gasteiger partial charge in [0.05, 0.1) is 11.4 Å². The number of nitrogens with zero attached hydrogens (tertiary/aromatic N) is 2. The minimum Gasteiger partial charge on any atom is -0.228 e. The van der Waals surface area contributed by atoms with Crippen LogP contribution in [0.1, 0.15) is 0 Å². The molecule has 0 radical (unpaired) electrons. The molecule has 7 aromatic carbocycles. The Labute approximate surface area is 289 Å². The number of benzene rings is 7. The van der Waals surface area contributed by atoms with Crippen LogP contribution in [0, 0.1) is 0 Å². The lowest BCUT2D eigenvalue weighted by Gasteiger charge is -2.15. The van der Waals surface area contributed by atoms with Crippen molar-refractivity contribution in [2.75, 3.05) is 0 Å². The van der Waals surface area contributed by atoms with Crippen molar-refractivity contribution < 1.29 is 0 Å². The summed E-state index contributed by atoms with van der Waals surface area (Å²) < 4.78 is 2.58. The molecular formula is C46H30N2S. The van der Waals surface area contributed by atoms with Gasteiger partial charge in [-0.25, -0.2) is 9.97 Å². The zero-order valence-corrected chi connectivity index (χ0v) is 27.4. The third kappa shape index (κ3) is 5.50. The van der Waals surface area contributed by atoms with Crippen LogP contribution in [0.25, 0.3) is 87.5 Å². The molecule has 0 fully saturated rings. The summed E-state index contributed by atoms with van der Waals surface area (Å²) in [5, 5.41) is 2.57. The van der Waals surface area contributed by atoms with E-state index in [0.29, 0.717) is 5.82 Å². The van der Waals surface area contributed by atoms with Crippen molar-refractivity contribution in [3.63, 3.8) is 0 Å². The molecule has 230 valence electrons. The molecule has 0 saturated carbocycles. The molecule has 0 aliphatic rings. The predicted molar refractivity (Wildman–Crippen MR) is 208 cm³/mol. The van der Waals surface area contributed by atoms with Gasteiger partial charge in [-0.2, -0.15) is 0 Å². The summed E-state index contributed by atoms with van der Waals surface area (Å²) in [6.45, 7) is 0. The van der Waals surface area contributed by atoms with Crippen LogP contribution < -0.4 is 0 Å². The predicted octanol–water partition coefficient (Wildman–Crippen LogP) is 12.8. The molecule has 0 N–H and O–H groups in total. The first-order chi connectivity index (χ1) is 24.3. The molecule has 0 spiro atoms. The van der Waals surface area contributed by atoms with E-state index >= 15 is 0 Å². The van der Waals surface area contributed by atoms with Crippen LogP contribution in [0.5, 0.6) is 0 Å². The second-order valence-corrected chi connectivity index (χ2v) is 13.3. The van der Waals surface area contributed by atoms with Crippen LogP contribution in [0.4, 0.5) is 0 Å². The summed E-state index contributed by atoms with van der Waals surface area (Å²) in [5.41, 5.74) is 11.9. The lowest BCUT2D eigenvalue weighted by Crippen LogP contribution is -1.97. The maximum Gasteiger partial charge on any atom is 0.160 e. The van der Waals surface area contributed by atoms with Gasteiger partial charge in [0.15, 0.2) is 5.82 Å². The molecule has 0 bridgehead atoms. The topological polar surface area (TPSA) is 25.8 Å². The summed E-state index contributed by atoms with van der Waals surface area (Å²) in [6, 6.07) is 64.4. The molecule has 0 aliphatic carbocycles. The lowest BCUT2D eigenvalue weighted by molar-refractivity contribution is 1.18. The van der Waals surface area contributed by atoms with Crippen molar-refractivity contribution >= 4 is 31.5 Å². The molecule has 0 atom stereocenters. The Balaban J connectivity index is 1.29. The largest absolute Gasteiger partial charge is 0.228 e. The van der Waals surface area contributed by atoms with Gasteiger partial charge in [-0.3, -0.25) is 0 Å². The Morgan fingerprint density at radius 1 is 0.327 bits per heavy atom. The third-order valence-electron chi connectivity index (χ3n) is 9.10. The van der Waals surface area contributed by atoms with Crippen molar-refractivity contribution in [3.05, 3.63) is 182 Å². The van der Waals surface area contributed by atoms with Gasteiger partial charge in [-0.15, -0.1) is 11.3 Å². The monoisotopic (exact) mass is 642 g/mol. The maximum absolute atomic E-state index is 5.27. The fourth-order valence-electron chi connectivity index (χ4n) is 6.76. The van der Waals surface area contributed by atoms with Crippen LogP contribution in [0.15, 0.2) is 182 Å². The molecular weight excluding hydrogens is 613 g/mol. The van der Waals surface area contributed by atoms with Crippen molar-refractivity contribution in [2.45, 2.75) is 0 Å². The number of hydrogen-bond acceptors (Lipinski definition) is 3. The third-order valence-corrected chi connectivity index (χ3v) is 10.2. The van der Waals surface area contributed by atoms with Crippen molar-refractivity contribution in [3.8, 4) is 67.3 Å². The Morgan fingerprint density at radius 3 is 1.53 bits per heavy atom. The van der Waals surface area contributed by atoms with Gasteiger partial charge in [0.2, 0.25) is 0 Å². The van der Waals surface area contributed by atoms with E-state index in [2.05, 4.69) is 164 Å². The van der Waals surface area contributed by atoms with Crippen LogP contribution in [-0.4, -0.2) is 9.97 Å². The molecule has 2 heterocycles. The normalized spacial score (nSPS) is 11.3. The Morgan fingerprint density at radius 2 is 0.837 bits per heavy atom. The molecule has 0 unspecified atom stereocenters. The fraction of sp³-hybridized carbons (Fsp3) is 0. The van der Waals surface area contributed by atoms with Crippen LogP contribution in [-0.2, 0) is 0 Å².